The predicted octanol–water partition coefficient (Wildman–Crippen LogP) is -0.594. The molecule has 1 aliphatic heterocycles. The van der Waals surface area contributed by atoms with Crippen LogP contribution in [-0.4, -0.2) is 149 Å². The van der Waals surface area contributed by atoms with Gasteiger partial charge in [0.1, 0.15) is 48.0 Å². The standard InChI is InChI=1S/C50H73N13O10/c1-7-30(4)42(47(69)59-37(25-33-26-54-28-56-33)48(70)63-22-12-16-39(63)45(67)60-38(49(71)72)24-31-13-9-8-10-14-31)62-44(66)36(23-32-17-19-34(73-6)20-18-32)58-46(68)41(29(2)3)61-43(65)35(57-40(64)27-53-5)15-11-21-55-50(51)52/h8-10,13-14,17-20,26,28-30,35-39,41-42,53H,7,11-12,15-16,21-25,27H2,1-6H3,(H,54,56)(H,57,64)(H,58,68)(H,59,69)(H,60,67)(H,61,65)(H,62,66)(H,71,72)(H4,51,52,55)/t30-,35-,36-,37-,38-,39-,41-,42-/m0/s1. The topological polar surface area (TPSA) is 347 Å². The van der Waals surface area contributed by atoms with E-state index in [2.05, 4.69) is 52.2 Å². The number of aliphatic imine (C=N–C) groups is 1. The summed E-state index contributed by atoms with van der Waals surface area (Å²) in [4.78, 5) is 123. The van der Waals surface area contributed by atoms with E-state index in [9.17, 15) is 43.5 Å². The van der Waals surface area contributed by atoms with Crippen molar-refractivity contribution in [2.24, 2.45) is 28.3 Å². The molecule has 398 valence electrons. The Morgan fingerprint density at radius 1 is 0.795 bits per heavy atom. The number of likely N-dealkylation sites (N-methyl/N-ethyl adjacent to an activating group) is 1. The number of guanidine groups is 1. The number of H-pyrrole nitrogens is 1. The molecule has 13 N–H and O–H groups in total. The number of carboxylic acids is 1. The van der Waals surface area contributed by atoms with Crippen molar-refractivity contribution in [2.45, 2.75) is 121 Å². The van der Waals surface area contributed by atoms with E-state index in [0.29, 0.717) is 41.8 Å². The third-order valence-corrected chi connectivity index (χ3v) is 12.5. The van der Waals surface area contributed by atoms with Crippen molar-refractivity contribution in [1.29, 1.82) is 0 Å². The van der Waals surface area contributed by atoms with Crippen LogP contribution in [0.15, 0.2) is 72.1 Å². The maximum atomic E-state index is 14.6. The molecular weight excluding hydrogens is 943 g/mol. The molecule has 0 radical (unpaired) electrons. The molecule has 8 atom stereocenters. The summed E-state index contributed by atoms with van der Waals surface area (Å²) in [6.45, 7) is 7.24. The van der Waals surface area contributed by atoms with Gasteiger partial charge in [-0.25, -0.2) is 9.78 Å². The number of carbonyl (C=O) groups is 8. The average Bonchev–Trinajstić information content (AvgIpc) is 4.08. The number of methoxy groups -OCH3 is 1. The fourth-order valence-electron chi connectivity index (χ4n) is 8.29. The van der Waals surface area contributed by atoms with Gasteiger partial charge >= 0.3 is 5.97 Å². The van der Waals surface area contributed by atoms with E-state index >= 15 is 0 Å². The van der Waals surface area contributed by atoms with Crippen LogP contribution in [0.2, 0.25) is 0 Å². The van der Waals surface area contributed by atoms with Crippen LogP contribution in [0, 0.1) is 11.8 Å². The highest BCUT2D eigenvalue weighted by atomic mass is 16.5. The minimum absolute atomic E-state index is 0.0196. The molecule has 23 heteroatoms. The van der Waals surface area contributed by atoms with Crippen LogP contribution in [0.1, 0.15) is 76.6 Å². The minimum Gasteiger partial charge on any atom is -0.497 e. The van der Waals surface area contributed by atoms with Crippen molar-refractivity contribution in [3.8, 4) is 5.75 Å². The molecule has 23 nitrogen and oxygen atoms in total. The molecule has 73 heavy (non-hydrogen) atoms. The Balaban J connectivity index is 1.59. The summed E-state index contributed by atoms with van der Waals surface area (Å²) >= 11 is 0. The molecule has 1 aromatic heterocycles. The molecular formula is C50H73N13O10. The first kappa shape index (κ1) is 58.0. The van der Waals surface area contributed by atoms with Gasteiger partial charge in [-0.15, -0.1) is 0 Å². The number of carbonyl (C=O) groups excluding carboxylic acids is 7. The van der Waals surface area contributed by atoms with Gasteiger partial charge in [0.05, 0.1) is 20.0 Å². The second-order valence-electron chi connectivity index (χ2n) is 18.4. The van der Waals surface area contributed by atoms with E-state index in [4.69, 9.17) is 16.2 Å². The van der Waals surface area contributed by atoms with E-state index in [1.165, 1.54) is 24.5 Å². The normalized spacial score (nSPS) is 16.0. The van der Waals surface area contributed by atoms with Gasteiger partial charge in [0, 0.05) is 44.2 Å². The Bertz CT molecular complexity index is 2330. The van der Waals surface area contributed by atoms with Gasteiger partial charge < -0.3 is 68.4 Å². The van der Waals surface area contributed by atoms with Crippen molar-refractivity contribution in [3.05, 3.63) is 83.9 Å². The molecule has 3 aromatic rings. The number of nitrogens with one attached hydrogen (secondary N) is 8. The van der Waals surface area contributed by atoms with Crippen LogP contribution in [0.3, 0.4) is 0 Å². The predicted molar refractivity (Wildman–Crippen MR) is 271 cm³/mol. The van der Waals surface area contributed by atoms with E-state index in [-0.39, 0.29) is 57.7 Å². The first-order chi connectivity index (χ1) is 34.8. The molecule has 1 aliphatic rings. The Kier molecular flexibility index (Phi) is 23.1. The lowest BCUT2D eigenvalue weighted by Gasteiger charge is -2.32. The number of hydrogen-bond acceptors (Lipinski definition) is 12. The van der Waals surface area contributed by atoms with Crippen LogP contribution in [0.25, 0.3) is 0 Å². The van der Waals surface area contributed by atoms with Gasteiger partial charge in [0.2, 0.25) is 41.4 Å². The Labute approximate surface area is 425 Å². The zero-order valence-corrected chi connectivity index (χ0v) is 42.4. The quantitative estimate of drug-likeness (QED) is 0.0235. The number of nitrogens with zero attached hydrogens (tertiary/aromatic N) is 3. The lowest BCUT2D eigenvalue weighted by molar-refractivity contribution is -0.145. The lowest BCUT2D eigenvalue weighted by atomic mass is 9.96. The molecule has 1 fully saturated rings. The summed E-state index contributed by atoms with van der Waals surface area (Å²) in [6.07, 6.45) is 4.34. The summed E-state index contributed by atoms with van der Waals surface area (Å²) < 4.78 is 5.32. The van der Waals surface area contributed by atoms with Crippen molar-refractivity contribution in [3.63, 3.8) is 0 Å². The van der Waals surface area contributed by atoms with Crippen LogP contribution in [0.5, 0.6) is 5.75 Å². The summed E-state index contributed by atoms with van der Waals surface area (Å²) in [5.41, 5.74) is 12.7. The first-order valence-electron chi connectivity index (χ1n) is 24.5. The van der Waals surface area contributed by atoms with Crippen LogP contribution >= 0.6 is 0 Å². The van der Waals surface area contributed by atoms with Crippen molar-refractivity contribution in [2.75, 3.05) is 33.8 Å². The van der Waals surface area contributed by atoms with Gasteiger partial charge in [-0.3, -0.25) is 38.6 Å². The number of benzene rings is 2. The zero-order valence-electron chi connectivity index (χ0n) is 42.4. The third kappa shape index (κ3) is 18.2. The molecule has 0 aliphatic carbocycles. The molecule has 2 aromatic carbocycles. The summed E-state index contributed by atoms with van der Waals surface area (Å²) in [6, 6.07) is 7.24. The van der Waals surface area contributed by atoms with E-state index < -0.39 is 101 Å². The maximum Gasteiger partial charge on any atom is 0.326 e. The zero-order chi connectivity index (χ0) is 53.6. The number of rotatable bonds is 29. The largest absolute Gasteiger partial charge is 0.497 e. The molecule has 1 saturated heterocycles. The van der Waals surface area contributed by atoms with Gasteiger partial charge in [0.15, 0.2) is 5.96 Å². The number of aliphatic carboxylic acids is 1. The number of carboxylic acid groups (broad SMARTS) is 1. The van der Waals surface area contributed by atoms with Crippen LogP contribution in [-0.2, 0) is 57.6 Å². The molecule has 7 amide bonds. The number of nitrogens with two attached hydrogens (primary N) is 2. The smallest absolute Gasteiger partial charge is 0.326 e. The second kappa shape index (κ2) is 29.1. The highest BCUT2D eigenvalue weighted by Crippen LogP contribution is 2.21. The Morgan fingerprint density at radius 2 is 1.42 bits per heavy atom. The monoisotopic (exact) mass is 1020 g/mol. The second-order valence-corrected chi connectivity index (χ2v) is 18.4. The lowest BCUT2D eigenvalue weighted by Crippen LogP contribution is -2.62. The molecule has 0 bridgehead atoms. The highest BCUT2D eigenvalue weighted by molar-refractivity contribution is 5.98. The van der Waals surface area contributed by atoms with Crippen molar-refractivity contribution >= 4 is 53.3 Å². The SMILES string of the molecule is CC[C@H](C)[C@H](NC(=O)[C@H](Cc1ccc(OC)cc1)NC(=O)[C@@H](NC(=O)[C@H](CCCN=C(N)N)NC(=O)CNC)C(C)C)C(=O)N[C@@H](Cc1cnc[nH]1)C(=O)N1CCC[C@H]1C(=O)N[C@@H](Cc1ccccc1)C(=O)O. The van der Waals surface area contributed by atoms with E-state index in [1.807, 2.05) is 6.92 Å². The fourth-order valence-corrected chi connectivity index (χ4v) is 8.29. The van der Waals surface area contributed by atoms with Crippen LogP contribution in [0.4, 0.5) is 0 Å². The first-order valence-corrected chi connectivity index (χ1v) is 24.5. The summed E-state index contributed by atoms with van der Waals surface area (Å²) in [7, 11) is 3.08. The third-order valence-electron chi connectivity index (χ3n) is 12.5. The Hall–Kier alpha value is -7.56. The molecule has 4 rings (SSSR count). The summed E-state index contributed by atoms with van der Waals surface area (Å²) in [5, 5.41) is 29.3. The number of aromatic nitrogens is 2. The number of imidazole rings is 1. The molecule has 0 spiro atoms. The fraction of sp³-hybridized carbons (Fsp3) is 0.520. The van der Waals surface area contributed by atoms with Crippen molar-refractivity contribution < 1.29 is 48.2 Å². The molecule has 0 saturated carbocycles. The van der Waals surface area contributed by atoms with E-state index in [1.54, 1.807) is 82.4 Å². The number of amides is 7. The Morgan fingerprint density at radius 3 is 2.03 bits per heavy atom. The van der Waals surface area contributed by atoms with Gasteiger partial charge in [-0.05, 0) is 67.8 Å². The van der Waals surface area contributed by atoms with Gasteiger partial charge in [-0.2, -0.15) is 0 Å². The maximum absolute atomic E-state index is 14.6. The summed E-state index contributed by atoms with van der Waals surface area (Å²) in [5.74, 6) is -6.40. The molecule has 2 heterocycles. The number of hydrogen-bond donors (Lipinski definition) is 11. The van der Waals surface area contributed by atoms with Gasteiger partial charge in [-0.1, -0.05) is 76.6 Å². The van der Waals surface area contributed by atoms with Crippen molar-refractivity contribution in [1.82, 2.24) is 52.1 Å². The van der Waals surface area contributed by atoms with Gasteiger partial charge in [0.25, 0.3) is 0 Å². The average molecular weight is 1020 g/mol. The number of ether oxygens (including phenoxy) is 1. The minimum atomic E-state index is -1.31. The number of aromatic amines is 1. The van der Waals surface area contributed by atoms with Crippen LogP contribution < -0.4 is 53.4 Å². The van der Waals surface area contributed by atoms with E-state index in [0.717, 1.165) is 0 Å². The highest BCUT2D eigenvalue weighted by Gasteiger charge is 2.41. The molecule has 0 unspecified atom stereocenters. The number of likely N-dealkylation sites (tertiary alicyclic amines) is 1.